The maximum absolute atomic E-state index is 12.7. The lowest BCUT2D eigenvalue weighted by Gasteiger charge is -2.21. The number of fused-ring (bicyclic) bond motifs is 2. The molecular formula is C29H27N9OS. The fourth-order valence-electron chi connectivity index (χ4n) is 5.25. The van der Waals surface area contributed by atoms with E-state index in [0.29, 0.717) is 29.5 Å². The lowest BCUT2D eigenvalue weighted by atomic mass is 9.94. The highest BCUT2D eigenvalue weighted by Gasteiger charge is 2.19. The van der Waals surface area contributed by atoms with Crippen LogP contribution >= 0.6 is 11.3 Å². The van der Waals surface area contributed by atoms with E-state index >= 15 is 0 Å². The van der Waals surface area contributed by atoms with Crippen molar-refractivity contribution in [3.63, 3.8) is 0 Å². The SMILES string of the molecule is Cc1ccc(-c2nccc3[nH]c(-c4n[nH]c5cnc(-c6cncc(NC(=O)CC7CCNCC7)c6)cc45)nc23)s1. The van der Waals surface area contributed by atoms with E-state index in [1.165, 1.54) is 4.88 Å². The number of amides is 1. The number of hydrogen-bond donors (Lipinski definition) is 4. The van der Waals surface area contributed by atoms with Gasteiger partial charge in [0.1, 0.15) is 16.9 Å². The number of hydrogen-bond acceptors (Lipinski definition) is 8. The van der Waals surface area contributed by atoms with Gasteiger partial charge in [-0.15, -0.1) is 11.3 Å². The summed E-state index contributed by atoms with van der Waals surface area (Å²) in [6.07, 6.45) is 9.55. The van der Waals surface area contributed by atoms with E-state index in [-0.39, 0.29) is 5.91 Å². The van der Waals surface area contributed by atoms with Crippen LogP contribution in [-0.2, 0) is 4.79 Å². The van der Waals surface area contributed by atoms with E-state index in [0.717, 1.165) is 69.7 Å². The minimum atomic E-state index is 0.0165. The van der Waals surface area contributed by atoms with Crippen molar-refractivity contribution in [1.82, 2.24) is 40.4 Å². The molecule has 0 atom stereocenters. The molecule has 0 bridgehead atoms. The first-order valence-electron chi connectivity index (χ1n) is 13.3. The second kappa shape index (κ2) is 10.2. The molecule has 0 saturated carbocycles. The predicted octanol–water partition coefficient (Wildman–Crippen LogP) is 5.32. The first-order chi connectivity index (χ1) is 19.6. The van der Waals surface area contributed by atoms with E-state index in [2.05, 4.69) is 59.8 Å². The molecule has 0 spiro atoms. The highest BCUT2D eigenvalue weighted by molar-refractivity contribution is 7.15. The molecule has 4 N–H and O–H groups in total. The molecule has 1 amide bonds. The van der Waals surface area contributed by atoms with Crippen LogP contribution in [0.1, 0.15) is 24.1 Å². The molecular weight excluding hydrogens is 522 g/mol. The van der Waals surface area contributed by atoms with Gasteiger partial charge < -0.3 is 15.6 Å². The summed E-state index contributed by atoms with van der Waals surface area (Å²) in [5, 5.41) is 14.9. The lowest BCUT2D eigenvalue weighted by molar-refractivity contribution is -0.117. The number of rotatable bonds is 6. The van der Waals surface area contributed by atoms with Crippen molar-refractivity contribution in [3.05, 3.63) is 60.0 Å². The fraction of sp³-hybridized carbons (Fsp3) is 0.241. The highest BCUT2D eigenvalue weighted by atomic mass is 32.1. The normalized spacial score (nSPS) is 14.2. The van der Waals surface area contributed by atoms with Gasteiger partial charge in [0.15, 0.2) is 5.82 Å². The summed E-state index contributed by atoms with van der Waals surface area (Å²) in [5.41, 5.74) is 6.24. The molecule has 10 nitrogen and oxygen atoms in total. The van der Waals surface area contributed by atoms with Crippen LogP contribution in [0.3, 0.4) is 0 Å². The molecule has 0 unspecified atom stereocenters. The third kappa shape index (κ3) is 4.74. The minimum Gasteiger partial charge on any atom is -0.336 e. The molecule has 0 radical (unpaired) electrons. The van der Waals surface area contributed by atoms with Crippen molar-refractivity contribution < 1.29 is 4.79 Å². The number of piperidine rings is 1. The Morgan fingerprint density at radius 1 is 1.05 bits per heavy atom. The first-order valence-corrected chi connectivity index (χ1v) is 14.1. The van der Waals surface area contributed by atoms with E-state index in [1.54, 1.807) is 36.1 Å². The van der Waals surface area contributed by atoms with Gasteiger partial charge in [0.2, 0.25) is 5.91 Å². The van der Waals surface area contributed by atoms with Crippen LogP contribution in [0.2, 0.25) is 0 Å². The zero-order chi connectivity index (χ0) is 27.1. The molecule has 0 aromatic carbocycles. The van der Waals surface area contributed by atoms with Crippen LogP contribution in [0.5, 0.6) is 0 Å². The van der Waals surface area contributed by atoms with Crippen molar-refractivity contribution >= 4 is 44.9 Å². The molecule has 1 aliphatic heterocycles. The van der Waals surface area contributed by atoms with Crippen LogP contribution in [-0.4, -0.2) is 54.1 Å². The molecule has 7 rings (SSSR count). The van der Waals surface area contributed by atoms with Gasteiger partial charge >= 0.3 is 0 Å². The van der Waals surface area contributed by atoms with Crippen LogP contribution in [0, 0.1) is 12.8 Å². The van der Waals surface area contributed by atoms with Crippen molar-refractivity contribution in [2.75, 3.05) is 18.4 Å². The number of anilines is 1. The summed E-state index contributed by atoms with van der Waals surface area (Å²) < 4.78 is 0. The number of aryl methyl sites for hydroxylation is 1. The van der Waals surface area contributed by atoms with E-state index < -0.39 is 0 Å². The van der Waals surface area contributed by atoms with Gasteiger partial charge in [-0.2, -0.15) is 5.10 Å². The van der Waals surface area contributed by atoms with Crippen LogP contribution in [0.25, 0.3) is 55.3 Å². The molecule has 1 aliphatic rings. The molecule has 6 aromatic rings. The number of H-pyrrole nitrogens is 2. The maximum atomic E-state index is 12.7. The second-order valence-corrected chi connectivity index (χ2v) is 11.4. The topological polar surface area (TPSA) is 137 Å². The number of nitrogens with zero attached hydrogens (tertiary/aromatic N) is 5. The number of imidazole rings is 1. The van der Waals surface area contributed by atoms with Crippen molar-refractivity contribution in [3.8, 4) is 33.3 Å². The Hall–Kier alpha value is -4.48. The standard InChI is InChI=1S/C29H27N9OS/c1-16-2-3-24(40-16)28-27-21(6-9-32-28)35-29(36-27)26-20-12-22(33-15-23(20)37-38-26)18-11-19(14-31-13-18)34-25(39)10-17-4-7-30-8-5-17/h2-3,6,9,11-15,17,30H,4-5,7-8,10H2,1H3,(H,34,39)(H,35,36)(H,37,38). The number of thiophene rings is 1. The van der Waals surface area contributed by atoms with E-state index in [4.69, 9.17) is 4.98 Å². The summed E-state index contributed by atoms with van der Waals surface area (Å²) in [7, 11) is 0. The average molecular weight is 550 g/mol. The molecule has 1 fully saturated rings. The lowest BCUT2D eigenvalue weighted by Crippen LogP contribution is -2.30. The minimum absolute atomic E-state index is 0.0165. The summed E-state index contributed by atoms with van der Waals surface area (Å²) >= 11 is 1.70. The van der Waals surface area contributed by atoms with Gasteiger partial charge in [-0.3, -0.25) is 24.8 Å². The number of aromatic amines is 2. The van der Waals surface area contributed by atoms with Gasteiger partial charge in [-0.1, -0.05) is 0 Å². The summed E-state index contributed by atoms with van der Waals surface area (Å²) in [4.78, 5) is 36.9. The molecule has 1 saturated heterocycles. The van der Waals surface area contributed by atoms with Gasteiger partial charge in [-0.05, 0) is 69.1 Å². The average Bonchev–Trinajstić information content (AvgIpc) is 3.71. The fourth-order valence-corrected chi connectivity index (χ4v) is 6.12. The molecule has 0 aliphatic carbocycles. The quantitative estimate of drug-likeness (QED) is 0.221. The number of nitrogens with one attached hydrogen (secondary N) is 4. The Bertz CT molecular complexity index is 1850. The Kier molecular flexibility index (Phi) is 6.29. The highest BCUT2D eigenvalue weighted by Crippen LogP contribution is 2.34. The largest absolute Gasteiger partial charge is 0.336 e. The van der Waals surface area contributed by atoms with Gasteiger partial charge in [0.25, 0.3) is 0 Å². The number of aromatic nitrogens is 7. The van der Waals surface area contributed by atoms with E-state index in [9.17, 15) is 4.79 Å². The Morgan fingerprint density at radius 3 is 2.80 bits per heavy atom. The van der Waals surface area contributed by atoms with Crippen molar-refractivity contribution in [2.45, 2.75) is 26.2 Å². The third-order valence-corrected chi connectivity index (χ3v) is 8.30. The van der Waals surface area contributed by atoms with Gasteiger partial charge in [-0.25, -0.2) is 4.98 Å². The molecule has 6 aromatic heterocycles. The van der Waals surface area contributed by atoms with Crippen molar-refractivity contribution in [1.29, 1.82) is 0 Å². The van der Waals surface area contributed by atoms with Gasteiger partial charge in [0, 0.05) is 34.6 Å². The number of pyridine rings is 3. The van der Waals surface area contributed by atoms with Crippen LogP contribution in [0.4, 0.5) is 5.69 Å². The summed E-state index contributed by atoms with van der Waals surface area (Å²) in [6, 6.07) is 9.97. The smallest absolute Gasteiger partial charge is 0.224 e. The predicted molar refractivity (Wildman–Crippen MR) is 157 cm³/mol. The summed E-state index contributed by atoms with van der Waals surface area (Å²) in [6.45, 7) is 4.03. The van der Waals surface area contributed by atoms with Crippen molar-refractivity contribution in [2.24, 2.45) is 5.92 Å². The zero-order valence-electron chi connectivity index (χ0n) is 21.9. The van der Waals surface area contributed by atoms with Gasteiger partial charge in [0.05, 0.1) is 39.7 Å². The molecule has 7 heterocycles. The Balaban J connectivity index is 1.19. The van der Waals surface area contributed by atoms with E-state index in [1.807, 2.05) is 18.2 Å². The maximum Gasteiger partial charge on any atom is 0.224 e. The molecule has 40 heavy (non-hydrogen) atoms. The first kappa shape index (κ1) is 24.6. The monoisotopic (exact) mass is 549 g/mol. The molecule has 11 heteroatoms. The van der Waals surface area contributed by atoms with Crippen LogP contribution < -0.4 is 10.6 Å². The Morgan fingerprint density at radius 2 is 1.95 bits per heavy atom. The zero-order valence-corrected chi connectivity index (χ0v) is 22.7. The Labute approximate surface area is 233 Å². The molecule has 200 valence electrons. The number of carbonyl (C=O) groups excluding carboxylic acids is 1. The number of carbonyl (C=O) groups is 1. The second-order valence-electron chi connectivity index (χ2n) is 10.1. The van der Waals surface area contributed by atoms with Crippen LogP contribution in [0.15, 0.2) is 55.1 Å². The third-order valence-electron chi connectivity index (χ3n) is 7.30. The summed E-state index contributed by atoms with van der Waals surface area (Å²) in [5.74, 6) is 1.08.